The number of likely N-dealkylation sites (tertiary alicyclic amines) is 1. The second kappa shape index (κ2) is 9.26. The van der Waals surface area contributed by atoms with Gasteiger partial charge in [0.15, 0.2) is 5.96 Å². The van der Waals surface area contributed by atoms with Gasteiger partial charge in [-0.25, -0.2) is 0 Å². The average molecular weight is 422 g/mol. The van der Waals surface area contributed by atoms with E-state index in [1.807, 2.05) is 11.0 Å². The lowest BCUT2D eigenvalue weighted by Crippen LogP contribution is -2.49. The van der Waals surface area contributed by atoms with Gasteiger partial charge in [0.2, 0.25) is 5.91 Å². The van der Waals surface area contributed by atoms with Crippen LogP contribution in [0.2, 0.25) is 0 Å². The second-order valence-electron chi connectivity index (χ2n) is 6.89. The molecule has 7 heteroatoms. The van der Waals surface area contributed by atoms with Crippen molar-refractivity contribution in [2.24, 2.45) is 4.99 Å². The number of halogens is 1. The third kappa shape index (κ3) is 4.90. The third-order valence-electron chi connectivity index (χ3n) is 5.06. The molecule has 0 bridgehead atoms. The first kappa shape index (κ1) is 19.0. The van der Waals surface area contributed by atoms with E-state index in [-0.39, 0.29) is 5.91 Å². The molecule has 2 heterocycles. The Morgan fingerprint density at radius 1 is 1.23 bits per heavy atom. The van der Waals surface area contributed by atoms with Crippen molar-refractivity contribution in [1.29, 1.82) is 0 Å². The number of anilines is 1. The van der Waals surface area contributed by atoms with Crippen LogP contribution in [0.4, 0.5) is 5.69 Å². The smallest absolute Gasteiger partial charge is 0.241 e. The zero-order chi connectivity index (χ0) is 18.4. The van der Waals surface area contributed by atoms with Crippen molar-refractivity contribution in [1.82, 2.24) is 15.5 Å². The van der Waals surface area contributed by atoms with Crippen LogP contribution in [0.5, 0.6) is 0 Å². The maximum atomic E-state index is 12.3. The van der Waals surface area contributed by atoms with Crippen LogP contribution < -0.4 is 15.5 Å². The summed E-state index contributed by atoms with van der Waals surface area (Å²) < 4.78 is 1.12. The lowest BCUT2D eigenvalue weighted by Gasteiger charge is -2.27. The van der Waals surface area contributed by atoms with Gasteiger partial charge in [0, 0.05) is 43.7 Å². The number of carbonyl (C=O) groups excluding carboxylic acids is 1. The molecule has 0 saturated carbocycles. The number of benzene rings is 1. The molecule has 2 N–H and O–H groups in total. The number of nitrogens with one attached hydrogen (secondary N) is 2. The molecule has 1 unspecified atom stereocenters. The van der Waals surface area contributed by atoms with Crippen LogP contribution in [0.3, 0.4) is 0 Å². The van der Waals surface area contributed by atoms with E-state index < -0.39 is 0 Å². The summed E-state index contributed by atoms with van der Waals surface area (Å²) in [4.78, 5) is 20.9. The van der Waals surface area contributed by atoms with Crippen molar-refractivity contribution in [2.75, 3.05) is 44.7 Å². The highest BCUT2D eigenvalue weighted by Crippen LogP contribution is 2.28. The number of nitrogens with zero attached hydrogens (tertiary/aromatic N) is 3. The Labute approximate surface area is 164 Å². The van der Waals surface area contributed by atoms with Crippen molar-refractivity contribution in [2.45, 2.75) is 31.7 Å². The first-order chi connectivity index (χ1) is 12.7. The molecule has 2 fully saturated rings. The molecule has 1 atom stereocenters. The second-order valence-corrected chi connectivity index (χ2v) is 7.75. The third-order valence-corrected chi connectivity index (χ3v) is 5.73. The highest BCUT2D eigenvalue weighted by Gasteiger charge is 2.25. The molecule has 26 heavy (non-hydrogen) atoms. The van der Waals surface area contributed by atoms with Crippen LogP contribution in [0, 0.1) is 0 Å². The van der Waals surface area contributed by atoms with Gasteiger partial charge in [-0.15, -0.1) is 0 Å². The Bertz CT molecular complexity index is 645. The fraction of sp³-hybridized carbons (Fsp3) is 0.579. The highest BCUT2D eigenvalue weighted by molar-refractivity contribution is 9.10. The summed E-state index contributed by atoms with van der Waals surface area (Å²) in [6.07, 6.45) is 4.51. The van der Waals surface area contributed by atoms with Crippen LogP contribution in [0.25, 0.3) is 0 Å². The Kier molecular flexibility index (Phi) is 6.77. The van der Waals surface area contributed by atoms with Gasteiger partial charge in [0.1, 0.15) is 0 Å². The minimum Gasteiger partial charge on any atom is -0.368 e. The Hall–Kier alpha value is -1.76. The number of hydrogen-bond donors (Lipinski definition) is 2. The molecule has 6 nitrogen and oxygen atoms in total. The quantitative estimate of drug-likeness (QED) is 0.577. The fourth-order valence-electron chi connectivity index (χ4n) is 3.61. The number of para-hydroxylation sites is 1. The molecule has 0 spiro atoms. The van der Waals surface area contributed by atoms with Gasteiger partial charge in [-0.1, -0.05) is 12.1 Å². The molecule has 2 aliphatic rings. The van der Waals surface area contributed by atoms with E-state index in [4.69, 9.17) is 0 Å². The van der Waals surface area contributed by atoms with E-state index in [1.165, 1.54) is 12.1 Å². The number of piperidine rings is 1. The fourth-order valence-corrected chi connectivity index (χ4v) is 4.14. The predicted molar refractivity (Wildman–Crippen MR) is 110 cm³/mol. The van der Waals surface area contributed by atoms with Gasteiger partial charge in [0.05, 0.1) is 12.2 Å². The summed E-state index contributed by atoms with van der Waals surface area (Å²) in [5.41, 5.74) is 1.22. The predicted octanol–water partition coefficient (Wildman–Crippen LogP) is 2.21. The number of guanidine groups is 1. The lowest BCUT2D eigenvalue weighted by molar-refractivity contribution is -0.130. The Balaban J connectivity index is 1.47. The monoisotopic (exact) mass is 421 g/mol. The highest BCUT2D eigenvalue weighted by atomic mass is 79.9. The van der Waals surface area contributed by atoms with Gasteiger partial charge in [0.25, 0.3) is 0 Å². The van der Waals surface area contributed by atoms with E-state index in [0.717, 1.165) is 49.9 Å². The largest absolute Gasteiger partial charge is 0.368 e. The summed E-state index contributed by atoms with van der Waals surface area (Å²) in [7, 11) is 1.75. The molecule has 0 aromatic heterocycles. The van der Waals surface area contributed by atoms with E-state index in [1.54, 1.807) is 7.05 Å². The zero-order valence-corrected chi connectivity index (χ0v) is 17.0. The molecular formula is C19H28BrN5O. The summed E-state index contributed by atoms with van der Waals surface area (Å²) in [5, 5.41) is 6.63. The maximum Gasteiger partial charge on any atom is 0.241 e. The summed E-state index contributed by atoms with van der Waals surface area (Å²) in [6, 6.07) is 8.62. The number of rotatable bonds is 4. The van der Waals surface area contributed by atoms with Crippen LogP contribution in [0.1, 0.15) is 25.7 Å². The molecule has 2 aliphatic heterocycles. The molecule has 2 saturated heterocycles. The SMILES string of the molecule is CN=C(NCC(=O)N1CCCCC1)NC1CCN(c2ccccc2Br)C1. The minimum atomic E-state index is 0.161. The number of carbonyl (C=O) groups is 1. The van der Waals surface area contributed by atoms with Gasteiger partial charge in [-0.2, -0.15) is 0 Å². The summed E-state index contributed by atoms with van der Waals surface area (Å²) in [5.74, 6) is 0.864. The van der Waals surface area contributed by atoms with E-state index in [0.29, 0.717) is 18.5 Å². The first-order valence-electron chi connectivity index (χ1n) is 9.42. The van der Waals surface area contributed by atoms with E-state index in [9.17, 15) is 4.79 Å². The van der Waals surface area contributed by atoms with E-state index in [2.05, 4.69) is 54.7 Å². The molecule has 0 aliphatic carbocycles. The van der Waals surface area contributed by atoms with Crippen molar-refractivity contribution in [3.63, 3.8) is 0 Å². The average Bonchev–Trinajstić information content (AvgIpc) is 3.14. The normalized spacial score (nSPS) is 21.0. The summed E-state index contributed by atoms with van der Waals surface area (Å²) >= 11 is 3.63. The van der Waals surface area contributed by atoms with Crippen molar-refractivity contribution >= 4 is 33.5 Å². The standard InChI is InChI=1S/C19H28BrN5O/c1-21-19(22-13-18(26)24-10-5-2-6-11-24)23-15-9-12-25(14-15)17-8-4-3-7-16(17)20/h3-4,7-8,15H,2,5-6,9-14H2,1H3,(H2,21,22,23). The van der Waals surface area contributed by atoms with Gasteiger partial charge in [-0.05, 0) is 53.7 Å². The number of aliphatic imine (C=N–C) groups is 1. The molecule has 1 aromatic carbocycles. The van der Waals surface area contributed by atoms with Crippen molar-refractivity contribution in [3.05, 3.63) is 28.7 Å². The van der Waals surface area contributed by atoms with Gasteiger partial charge >= 0.3 is 0 Å². The number of amides is 1. The van der Waals surface area contributed by atoms with Crippen LogP contribution >= 0.6 is 15.9 Å². The molecule has 3 rings (SSSR count). The van der Waals surface area contributed by atoms with Crippen LogP contribution in [0.15, 0.2) is 33.7 Å². The maximum absolute atomic E-state index is 12.3. The van der Waals surface area contributed by atoms with Gasteiger partial charge < -0.3 is 20.4 Å². The summed E-state index contributed by atoms with van der Waals surface area (Å²) in [6.45, 7) is 4.00. The van der Waals surface area contributed by atoms with Crippen molar-refractivity contribution in [3.8, 4) is 0 Å². The van der Waals surface area contributed by atoms with Gasteiger partial charge in [-0.3, -0.25) is 9.79 Å². The topological polar surface area (TPSA) is 60.0 Å². The Morgan fingerprint density at radius 2 is 2.00 bits per heavy atom. The van der Waals surface area contributed by atoms with Crippen LogP contribution in [-0.2, 0) is 4.79 Å². The molecule has 142 valence electrons. The minimum absolute atomic E-state index is 0.161. The Morgan fingerprint density at radius 3 is 2.73 bits per heavy atom. The molecule has 1 aromatic rings. The molecule has 0 radical (unpaired) electrons. The lowest BCUT2D eigenvalue weighted by atomic mass is 10.1. The van der Waals surface area contributed by atoms with E-state index >= 15 is 0 Å². The molecular weight excluding hydrogens is 394 g/mol. The number of hydrogen-bond acceptors (Lipinski definition) is 3. The van der Waals surface area contributed by atoms with Crippen LogP contribution in [-0.4, -0.2) is 62.6 Å². The van der Waals surface area contributed by atoms with Crippen molar-refractivity contribution < 1.29 is 4.79 Å². The first-order valence-corrected chi connectivity index (χ1v) is 10.2. The zero-order valence-electron chi connectivity index (χ0n) is 15.4. The molecule has 1 amide bonds.